The zero-order valence-electron chi connectivity index (χ0n) is 17.1. The molecular weight excluding hydrogens is 368 g/mol. The number of anilines is 1. The number of benzene rings is 1. The zero-order chi connectivity index (χ0) is 20.6. The maximum atomic E-state index is 12.5. The summed E-state index contributed by atoms with van der Waals surface area (Å²) in [5.41, 5.74) is 1.47. The van der Waals surface area contributed by atoms with Crippen LogP contribution in [0.4, 0.5) is 5.82 Å². The lowest BCUT2D eigenvalue weighted by atomic mass is 9.85. The minimum atomic E-state index is -0.252. The van der Waals surface area contributed by atoms with Crippen LogP contribution in [0.15, 0.2) is 43.0 Å². The third-order valence-corrected chi connectivity index (χ3v) is 6.14. The Hall–Kier alpha value is -2.84. The number of likely N-dealkylation sites (N-methyl/N-ethyl adjacent to an activating group) is 1. The number of imidazole rings is 1. The normalized spacial score (nSPS) is 26.7. The van der Waals surface area contributed by atoms with E-state index in [0.29, 0.717) is 28.5 Å². The third-order valence-electron chi connectivity index (χ3n) is 6.14. The number of nitrogens with one attached hydrogen (secondary N) is 2. The first-order chi connectivity index (χ1) is 14.0. The second kappa shape index (κ2) is 7.53. The van der Waals surface area contributed by atoms with Crippen LogP contribution in [-0.4, -0.2) is 44.1 Å². The van der Waals surface area contributed by atoms with Crippen molar-refractivity contribution in [2.45, 2.75) is 45.1 Å². The maximum absolute atomic E-state index is 12.5. The van der Waals surface area contributed by atoms with Crippen molar-refractivity contribution in [2.75, 3.05) is 12.4 Å². The highest BCUT2D eigenvalue weighted by Crippen LogP contribution is 2.43. The molecule has 1 aliphatic rings. The summed E-state index contributed by atoms with van der Waals surface area (Å²) < 4.78 is 8.39. The van der Waals surface area contributed by atoms with Gasteiger partial charge in [-0.05, 0) is 32.5 Å². The maximum Gasteiger partial charge on any atom is 0.256 e. The summed E-state index contributed by atoms with van der Waals surface area (Å²) in [6.07, 6.45) is 3.80. The predicted molar refractivity (Wildman–Crippen MR) is 111 cm³/mol. The molecule has 3 aromatic rings. The number of aromatic nitrogens is 4. The number of carbonyl (C=O) groups is 1. The molecule has 0 bridgehead atoms. The van der Waals surface area contributed by atoms with Gasteiger partial charge >= 0.3 is 0 Å². The van der Waals surface area contributed by atoms with E-state index in [2.05, 4.69) is 46.4 Å². The molecule has 8 heteroatoms. The number of hydrogen-bond donors (Lipinski definition) is 2. The molecule has 0 unspecified atom stereocenters. The largest absolute Gasteiger partial charge is 0.350 e. The molecule has 0 radical (unpaired) electrons. The van der Waals surface area contributed by atoms with E-state index in [1.807, 2.05) is 29.8 Å². The molecule has 1 saturated heterocycles. The number of amides is 1. The van der Waals surface area contributed by atoms with Crippen molar-refractivity contribution in [3.05, 3.63) is 48.5 Å². The monoisotopic (exact) mass is 394 g/mol. The average molecular weight is 394 g/mol. The van der Waals surface area contributed by atoms with Crippen LogP contribution in [0.3, 0.4) is 0 Å². The third kappa shape index (κ3) is 3.28. The van der Waals surface area contributed by atoms with Gasteiger partial charge in [0.05, 0.1) is 18.0 Å². The molecular formula is C21H26N6O2. The van der Waals surface area contributed by atoms with Crippen molar-refractivity contribution in [2.24, 2.45) is 5.92 Å². The minimum Gasteiger partial charge on any atom is -0.350 e. The van der Waals surface area contributed by atoms with Gasteiger partial charge in [-0.15, -0.1) is 0 Å². The Morgan fingerprint density at radius 1 is 1.24 bits per heavy atom. The Morgan fingerprint density at radius 3 is 2.69 bits per heavy atom. The van der Waals surface area contributed by atoms with Crippen molar-refractivity contribution < 1.29 is 9.53 Å². The van der Waals surface area contributed by atoms with Crippen LogP contribution >= 0.6 is 0 Å². The molecule has 1 amide bonds. The van der Waals surface area contributed by atoms with Gasteiger partial charge in [0.2, 0.25) is 0 Å². The van der Waals surface area contributed by atoms with E-state index in [1.165, 1.54) is 6.33 Å². The van der Waals surface area contributed by atoms with Crippen molar-refractivity contribution in [1.82, 2.24) is 24.8 Å². The quantitative estimate of drug-likeness (QED) is 0.691. The molecule has 1 fully saturated rings. The minimum absolute atomic E-state index is 0.106. The van der Waals surface area contributed by atoms with Gasteiger partial charge in [0.1, 0.15) is 6.33 Å². The summed E-state index contributed by atoms with van der Waals surface area (Å²) in [5, 5.41) is 6.23. The summed E-state index contributed by atoms with van der Waals surface area (Å²) in [4.78, 5) is 25.7. The molecule has 1 aliphatic heterocycles. The van der Waals surface area contributed by atoms with E-state index in [-0.39, 0.29) is 23.8 Å². The number of carbonyl (C=O) groups excluding carboxylic acids is 1. The second-order valence-electron chi connectivity index (χ2n) is 7.64. The summed E-state index contributed by atoms with van der Waals surface area (Å²) in [6, 6.07) is 9.12. The van der Waals surface area contributed by atoms with Crippen LogP contribution in [0.2, 0.25) is 0 Å². The van der Waals surface area contributed by atoms with Crippen molar-refractivity contribution in [1.29, 1.82) is 0 Å². The standard InChI is InChI=1S/C21H26N6O2/c1-5-21(3)13(2)15(22-4)20(29-21)27-12-25-16-17(23-11-24-18(16)27)26-19(28)14-9-7-6-8-10-14/h6-13,15,20,22H,5H2,1-4H3,(H,23,24,26,28)/t13-,15+,20+,21+/m0/s1. The van der Waals surface area contributed by atoms with Crippen LogP contribution in [0, 0.1) is 5.92 Å². The SMILES string of the molecule is CC[C@@]1(C)O[C@@H](n2cnc3c(NC(=O)c4ccccc4)ncnc32)[C@H](NC)[C@@H]1C. The van der Waals surface area contributed by atoms with Crippen molar-refractivity contribution in [3.8, 4) is 0 Å². The van der Waals surface area contributed by atoms with Gasteiger partial charge in [-0.1, -0.05) is 32.0 Å². The highest BCUT2D eigenvalue weighted by molar-refractivity contribution is 6.06. The van der Waals surface area contributed by atoms with Gasteiger partial charge in [-0.25, -0.2) is 15.0 Å². The van der Waals surface area contributed by atoms with E-state index in [4.69, 9.17) is 4.74 Å². The zero-order valence-corrected chi connectivity index (χ0v) is 17.1. The van der Waals surface area contributed by atoms with Gasteiger partial charge in [-0.3, -0.25) is 9.36 Å². The highest BCUT2D eigenvalue weighted by Gasteiger charge is 2.49. The van der Waals surface area contributed by atoms with Crippen LogP contribution < -0.4 is 10.6 Å². The highest BCUT2D eigenvalue weighted by atomic mass is 16.5. The number of hydrogen-bond acceptors (Lipinski definition) is 6. The fourth-order valence-corrected chi connectivity index (χ4v) is 4.01. The van der Waals surface area contributed by atoms with Crippen LogP contribution in [0.1, 0.15) is 43.8 Å². The average Bonchev–Trinajstić information content (AvgIpc) is 3.28. The van der Waals surface area contributed by atoms with E-state index < -0.39 is 0 Å². The topological polar surface area (TPSA) is 94.0 Å². The Balaban J connectivity index is 1.68. The number of ether oxygens (including phenoxy) is 1. The summed E-state index contributed by atoms with van der Waals surface area (Å²) >= 11 is 0. The number of nitrogens with zero attached hydrogens (tertiary/aromatic N) is 4. The Morgan fingerprint density at radius 2 is 2.00 bits per heavy atom. The Labute approximate surface area is 169 Å². The molecule has 0 saturated carbocycles. The van der Waals surface area contributed by atoms with Gasteiger partial charge in [-0.2, -0.15) is 0 Å². The van der Waals surface area contributed by atoms with Gasteiger partial charge in [0.15, 0.2) is 23.2 Å². The lowest BCUT2D eigenvalue weighted by molar-refractivity contribution is -0.0740. The van der Waals surface area contributed by atoms with E-state index in [1.54, 1.807) is 18.5 Å². The van der Waals surface area contributed by atoms with Gasteiger partial charge in [0.25, 0.3) is 5.91 Å². The molecule has 8 nitrogen and oxygen atoms in total. The lowest BCUT2D eigenvalue weighted by Gasteiger charge is -2.27. The fourth-order valence-electron chi connectivity index (χ4n) is 4.01. The smallest absolute Gasteiger partial charge is 0.256 e. The first kappa shape index (κ1) is 19.5. The van der Waals surface area contributed by atoms with Crippen molar-refractivity contribution in [3.63, 3.8) is 0 Å². The molecule has 0 aliphatic carbocycles. The molecule has 0 spiro atoms. The van der Waals surface area contributed by atoms with Gasteiger partial charge in [0, 0.05) is 11.5 Å². The molecule has 4 rings (SSSR count). The van der Waals surface area contributed by atoms with E-state index >= 15 is 0 Å². The first-order valence-corrected chi connectivity index (χ1v) is 9.87. The van der Waals surface area contributed by atoms with E-state index in [9.17, 15) is 4.79 Å². The van der Waals surface area contributed by atoms with Crippen LogP contribution in [0.25, 0.3) is 11.2 Å². The van der Waals surface area contributed by atoms with Crippen LogP contribution in [0.5, 0.6) is 0 Å². The molecule has 3 heterocycles. The number of rotatable bonds is 5. The second-order valence-corrected chi connectivity index (χ2v) is 7.64. The summed E-state index contributed by atoms with van der Waals surface area (Å²) in [7, 11) is 1.94. The first-order valence-electron chi connectivity index (χ1n) is 9.87. The molecule has 2 aromatic heterocycles. The predicted octanol–water partition coefficient (Wildman–Crippen LogP) is 3.00. The summed E-state index contributed by atoms with van der Waals surface area (Å²) in [5.74, 6) is 0.449. The van der Waals surface area contributed by atoms with Crippen molar-refractivity contribution >= 4 is 22.9 Å². The Bertz CT molecular complexity index is 1020. The number of fused-ring (bicyclic) bond motifs is 1. The molecule has 152 valence electrons. The lowest BCUT2D eigenvalue weighted by Crippen LogP contribution is -2.39. The van der Waals surface area contributed by atoms with Gasteiger partial charge < -0.3 is 15.4 Å². The molecule has 29 heavy (non-hydrogen) atoms. The molecule has 4 atom stereocenters. The van der Waals surface area contributed by atoms with Crippen LogP contribution in [-0.2, 0) is 4.74 Å². The Kier molecular flexibility index (Phi) is 5.06. The summed E-state index contributed by atoms with van der Waals surface area (Å²) in [6.45, 7) is 6.48. The molecule has 2 N–H and O–H groups in total. The fraction of sp³-hybridized carbons (Fsp3) is 0.429. The molecule has 1 aromatic carbocycles. The van der Waals surface area contributed by atoms with E-state index in [0.717, 1.165) is 6.42 Å².